The summed E-state index contributed by atoms with van der Waals surface area (Å²) in [5, 5.41) is 0. The average Bonchev–Trinajstić information content (AvgIpc) is 2.65. The first-order chi connectivity index (χ1) is 8.89. The molecule has 4 fully saturated rings. The first-order valence-corrected chi connectivity index (χ1v) is 8.20. The van der Waals surface area contributed by atoms with E-state index < -0.39 is 0 Å². The van der Waals surface area contributed by atoms with Crippen molar-refractivity contribution < 1.29 is 9.31 Å². The first kappa shape index (κ1) is 13.9. The van der Waals surface area contributed by atoms with E-state index in [0.29, 0.717) is 23.5 Å². The number of hydrogen-bond acceptors (Lipinski definition) is 2. The lowest BCUT2D eigenvalue weighted by Crippen LogP contribution is -2.47. The molecule has 1 saturated heterocycles. The predicted octanol–water partition coefficient (Wildman–Crippen LogP) is 4.01. The molecule has 3 saturated carbocycles. The Labute approximate surface area is 118 Å². The van der Waals surface area contributed by atoms with Gasteiger partial charge < -0.3 is 9.31 Å². The normalized spacial score (nSPS) is 43.9. The Bertz CT molecular complexity index is 342. The van der Waals surface area contributed by atoms with Crippen molar-refractivity contribution in [2.75, 3.05) is 0 Å². The Balaban J connectivity index is 1.65. The molecule has 1 heterocycles. The fourth-order valence-electron chi connectivity index (χ4n) is 4.68. The van der Waals surface area contributed by atoms with Crippen LogP contribution in [-0.2, 0) is 9.31 Å². The molecule has 4 aliphatic rings. The van der Waals surface area contributed by atoms with E-state index in [-0.39, 0.29) is 7.12 Å². The minimum atomic E-state index is 0.0699. The van der Waals surface area contributed by atoms with E-state index in [1.165, 1.54) is 19.3 Å². The van der Waals surface area contributed by atoms with Gasteiger partial charge in [-0.1, -0.05) is 41.0 Å². The van der Waals surface area contributed by atoms with Gasteiger partial charge in [-0.15, -0.1) is 0 Å². The molecular weight excluding hydrogens is 235 g/mol. The molecule has 0 aromatic heterocycles. The second-order valence-corrected chi connectivity index (χ2v) is 8.13. The van der Waals surface area contributed by atoms with Gasteiger partial charge in [0, 0.05) is 0 Å². The Morgan fingerprint density at radius 1 is 1.21 bits per heavy atom. The van der Waals surface area contributed by atoms with Gasteiger partial charge >= 0.3 is 7.12 Å². The van der Waals surface area contributed by atoms with Gasteiger partial charge in [0.25, 0.3) is 0 Å². The van der Waals surface area contributed by atoms with Crippen LogP contribution in [0.25, 0.3) is 0 Å². The quantitative estimate of drug-likeness (QED) is 0.717. The number of rotatable bonds is 3. The van der Waals surface area contributed by atoms with Gasteiger partial charge in [0.05, 0.1) is 12.2 Å². The highest BCUT2D eigenvalue weighted by molar-refractivity contribution is 6.45. The zero-order chi connectivity index (χ0) is 13.8. The Morgan fingerprint density at radius 3 is 2.58 bits per heavy atom. The molecule has 2 bridgehead atoms. The van der Waals surface area contributed by atoms with Gasteiger partial charge in [0.15, 0.2) is 0 Å². The topological polar surface area (TPSA) is 18.5 Å². The molecule has 0 spiro atoms. The molecule has 19 heavy (non-hydrogen) atoms. The van der Waals surface area contributed by atoms with Crippen molar-refractivity contribution in [3.8, 4) is 0 Å². The fourth-order valence-corrected chi connectivity index (χ4v) is 4.68. The molecule has 0 aromatic carbocycles. The van der Waals surface area contributed by atoms with Crippen molar-refractivity contribution in [2.45, 2.75) is 72.4 Å². The highest BCUT2D eigenvalue weighted by Gasteiger charge is 2.59. The summed E-state index contributed by atoms with van der Waals surface area (Å²) in [6.07, 6.45) is 5.60. The molecule has 0 aromatic rings. The van der Waals surface area contributed by atoms with Gasteiger partial charge in [0.2, 0.25) is 0 Å². The van der Waals surface area contributed by atoms with Crippen molar-refractivity contribution in [2.24, 2.45) is 29.1 Å². The van der Waals surface area contributed by atoms with Crippen LogP contribution < -0.4 is 0 Å². The zero-order valence-electron chi connectivity index (χ0n) is 13.2. The van der Waals surface area contributed by atoms with Crippen LogP contribution in [0.2, 0.25) is 6.32 Å². The van der Waals surface area contributed by atoms with Crippen LogP contribution in [0.4, 0.5) is 0 Å². The molecule has 0 N–H and O–H groups in total. The standard InChI is InChI=1S/C16H29BO2/c1-10(2)6-7-17-18-14-9-12-8-13(16(12,4)5)11(3)15(14)19-17/h10-15H,6-9H2,1-5H3/t11-,12+,13-,14?,15-/m1/s1. The summed E-state index contributed by atoms with van der Waals surface area (Å²) < 4.78 is 12.5. The van der Waals surface area contributed by atoms with Crippen LogP contribution in [0.15, 0.2) is 0 Å². The highest BCUT2D eigenvalue weighted by Crippen LogP contribution is 2.61. The molecule has 5 atom stereocenters. The average molecular weight is 264 g/mol. The summed E-state index contributed by atoms with van der Waals surface area (Å²) in [5.74, 6) is 3.08. The van der Waals surface area contributed by atoms with E-state index in [9.17, 15) is 0 Å². The summed E-state index contributed by atoms with van der Waals surface area (Å²) in [6.45, 7) is 11.8. The molecule has 108 valence electrons. The third-order valence-electron chi connectivity index (χ3n) is 6.20. The van der Waals surface area contributed by atoms with Crippen LogP contribution in [0.1, 0.15) is 53.9 Å². The van der Waals surface area contributed by atoms with E-state index in [4.69, 9.17) is 9.31 Å². The SMILES string of the molecule is CC(C)CCB1OC2C[C@@H]3C[C@H]([C@@H](C)[C@H]2O1)C3(C)C. The Morgan fingerprint density at radius 2 is 1.95 bits per heavy atom. The van der Waals surface area contributed by atoms with Crippen molar-refractivity contribution in [3.05, 3.63) is 0 Å². The summed E-state index contributed by atoms with van der Waals surface area (Å²) >= 11 is 0. The second kappa shape index (κ2) is 4.77. The molecular formula is C16H29BO2. The largest absolute Gasteiger partial charge is 0.457 e. The van der Waals surface area contributed by atoms with Crippen LogP contribution in [0.5, 0.6) is 0 Å². The minimum absolute atomic E-state index is 0.0699. The van der Waals surface area contributed by atoms with Crippen LogP contribution in [-0.4, -0.2) is 19.3 Å². The first-order valence-electron chi connectivity index (χ1n) is 8.20. The zero-order valence-corrected chi connectivity index (χ0v) is 13.2. The molecule has 4 rings (SSSR count). The van der Waals surface area contributed by atoms with E-state index in [0.717, 1.165) is 24.1 Å². The summed E-state index contributed by atoms with van der Waals surface area (Å²) in [6, 6.07) is 0. The van der Waals surface area contributed by atoms with Crippen molar-refractivity contribution in [1.29, 1.82) is 0 Å². The summed E-state index contributed by atoms with van der Waals surface area (Å²) in [7, 11) is 0.0699. The van der Waals surface area contributed by atoms with Crippen LogP contribution in [0, 0.1) is 29.1 Å². The lowest BCUT2D eigenvalue weighted by Gasteiger charge is -2.53. The maximum atomic E-state index is 6.28. The van der Waals surface area contributed by atoms with Crippen LogP contribution >= 0.6 is 0 Å². The number of hydrogen-bond donors (Lipinski definition) is 0. The van der Waals surface area contributed by atoms with Crippen molar-refractivity contribution >= 4 is 7.12 Å². The molecule has 0 amide bonds. The predicted molar refractivity (Wildman–Crippen MR) is 78.9 cm³/mol. The smallest absolute Gasteiger partial charge is 0.406 e. The van der Waals surface area contributed by atoms with E-state index in [1.54, 1.807) is 0 Å². The molecule has 2 nitrogen and oxygen atoms in total. The third kappa shape index (κ3) is 2.27. The lowest BCUT2D eigenvalue weighted by atomic mass is 9.52. The lowest BCUT2D eigenvalue weighted by molar-refractivity contribution is -0.0549. The third-order valence-corrected chi connectivity index (χ3v) is 6.20. The monoisotopic (exact) mass is 264 g/mol. The van der Waals surface area contributed by atoms with Gasteiger partial charge in [-0.3, -0.25) is 0 Å². The highest BCUT2D eigenvalue weighted by atomic mass is 16.7. The van der Waals surface area contributed by atoms with Gasteiger partial charge in [-0.2, -0.15) is 0 Å². The minimum Gasteiger partial charge on any atom is -0.406 e. The summed E-state index contributed by atoms with van der Waals surface area (Å²) in [5.41, 5.74) is 0.504. The maximum absolute atomic E-state index is 6.28. The molecule has 1 aliphatic heterocycles. The maximum Gasteiger partial charge on any atom is 0.457 e. The van der Waals surface area contributed by atoms with E-state index >= 15 is 0 Å². The van der Waals surface area contributed by atoms with Crippen molar-refractivity contribution in [1.82, 2.24) is 0 Å². The van der Waals surface area contributed by atoms with Gasteiger partial charge in [-0.05, 0) is 48.2 Å². The molecule has 1 unspecified atom stereocenters. The van der Waals surface area contributed by atoms with E-state index in [1.807, 2.05) is 0 Å². The molecule has 3 aliphatic carbocycles. The Kier molecular flexibility index (Phi) is 3.50. The van der Waals surface area contributed by atoms with Crippen molar-refractivity contribution in [3.63, 3.8) is 0 Å². The van der Waals surface area contributed by atoms with Gasteiger partial charge in [0.1, 0.15) is 0 Å². The second-order valence-electron chi connectivity index (χ2n) is 8.13. The van der Waals surface area contributed by atoms with Gasteiger partial charge in [-0.25, -0.2) is 0 Å². The summed E-state index contributed by atoms with van der Waals surface area (Å²) in [4.78, 5) is 0. The Hall–Kier alpha value is -0.0151. The molecule has 0 radical (unpaired) electrons. The molecule has 3 heteroatoms. The fraction of sp³-hybridized carbons (Fsp3) is 1.00. The van der Waals surface area contributed by atoms with E-state index in [2.05, 4.69) is 34.6 Å². The van der Waals surface area contributed by atoms with Crippen LogP contribution in [0.3, 0.4) is 0 Å².